The summed E-state index contributed by atoms with van der Waals surface area (Å²) in [6.07, 6.45) is -4.26. The van der Waals surface area contributed by atoms with Crippen molar-refractivity contribution in [1.29, 1.82) is 0 Å². The zero-order chi connectivity index (χ0) is 14.4. The summed E-state index contributed by atoms with van der Waals surface area (Å²) in [5.41, 5.74) is 0. The highest BCUT2D eigenvalue weighted by Gasteiger charge is 2.27. The Bertz CT molecular complexity index is 193. The monoisotopic (exact) mass is 289 g/mol. The molecule has 19 heavy (non-hydrogen) atoms. The third kappa shape index (κ3) is 17.6. The zero-order valence-corrected chi connectivity index (χ0v) is 11.1. The number of ether oxygens (including phenoxy) is 4. The molecule has 0 amide bonds. The number of halogens is 3. The molecule has 0 saturated heterocycles. The summed E-state index contributed by atoms with van der Waals surface area (Å²) in [7, 11) is 1.60. The van der Waals surface area contributed by atoms with E-state index in [0.717, 1.165) is 0 Å². The van der Waals surface area contributed by atoms with Crippen LogP contribution in [-0.2, 0) is 18.9 Å². The Morgan fingerprint density at radius 1 is 0.789 bits per heavy atom. The average Bonchev–Trinajstić information content (AvgIpc) is 2.34. The third-order valence-corrected chi connectivity index (χ3v) is 1.92. The van der Waals surface area contributed by atoms with E-state index in [9.17, 15) is 13.2 Å². The lowest BCUT2D eigenvalue weighted by Gasteiger charge is -2.09. The lowest BCUT2D eigenvalue weighted by atomic mass is 10.6. The topological polar surface area (TPSA) is 49.0 Å². The first-order valence-electron chi connectivity index (χ1n) is 6.06. The zero-order valence-electron chi connectivity index (χ0n) is 11.1. The summed E-state index contributed by atoms with van der Waals surface area (Å²) in [6, 6.07) is 0. The van der Waals surface area contributed by atoms with Crippen molar-refractivity contribution in [2.24, 2.45) is 0 Å². The molecule has 0 radical (unpaired) electrons. The van der Waals surface area contributed by atoms with Crippen LogP contribution in [0.2, 0.25) is 0 Å². The smallest absolute Gasteiger partial charge is 0.382 e. The van der Waals surface area contributed by atoms with Crippen molar-refractivity contribution in [3.63, 3.8) is 0 Å². The third-order valence-electron chi connectivity index (χ3n) is 1.92. The summed E-state index contributed by atoms with van der Waals surface area (Å²) in [5.74, 6) is 0. The molecule has 0 aromatic carbocycles. The average molecular weight is 289 g/mol. The Morgan fingerprint density at radius 3 is 1.89 bits per heavy atom. The number of alkyl halides is 3. The highest BCUT2D eigenvalue weighted by atomic mass is 19.4. The van der Waals surface area contributed by atoms with Crippen LogP contribution in [0.15, 0.2) is 0 Å². The molecule has 0 aromatic rings. The molecule has 0 heterocycles. The van der Waals surface area contributed by atoms with Gasteiger partial charge in [0.25, 0.3) is 0 Å². The summed E-state index contributed by atoms with van der Waals surface area (Å²) in [6.45, 7) is 2.30. The first kappa shape index (κ1) is 18.6. The Morgan fingerprint density at radius 2 is 1.32 bits per heavy atom. The molecule has 5 nitrogen and oxygen atoms in total. The molecule has 8 heteroatoms. The fraction of sp³-hybridized carbons (Fsp3) is 1.00. The number of hydrogen-bond acceptors (Lipinski definition) is 5. The van der Waals surface area contributed by atoms with E-state index in [0.29, 0.717) is 46.1 Å². The van der Waals surface area contributed by atoms with Gasteiger partial charge in [-0.05, 0) is 0 Å². The molecule has 0 rings (SSSR count). The summed E-state index contributed by atoms with van der Waals surface area (Å²) >= 11 is 0. The van der Waals surface area contributed by atoms with E-state index in [4.69, 9.17) is 14.2 Å². The number of methoxy groups -OCH3 is 1. The fourth-order valence-corrected chi connectivity index (χ4v) is 1.07. The van der Waals surface area contributed by atoms with Crippen LogP contribution in [0.1, 0.15) is 0 Å². The van der Waals surface area contributed by atoms with Crippen molar-refractivity contribution >= 4 is 0 Å². The fourth-order valence-electron chi connectivity index (χ4n) is 1.07. The van der Waals surface area contributed by atoms with E-state index < -0.39 is 12.8 Å². The SMILES string of the molecule is COCCOCCOCCNCCOCC(F)(F)F. The van der Waals surface area contributed by atoms with Gasteiger partial charge in [-0.25, -0.2) is 0 Å². The van der Waals surface area contributed by atoms with Crippen LogP contribution in [0.25, 0.3) is 0 Å². The maximum absolute atomic E-state index is 11.7. The first-order chi connectivity index (χ1) is 9.06. The standard InChI is InChI=1S/C11H22F3NO4/c1-16-6-7-18-9-8-17-4-2-15-3-5-19-10-11(12,13)14/h15H,2-10H2,1H3. The highest BCUT2D eigenvalue weighted by Crippen LogP contribution is 2.13. The van der Waals surface area contributed by atoms with Gasteiger partial charge in [0.1, 0.15) is 6.61 Å². The maximum Gasteiger partial charge on any atom is 0.411 e. The Labute approximate surface area is 111 Å². The van der Waals surface area contributed by atoms with E-state index in [1.54, 1.807) is 7.11 Å². The summed E-state index contributed by atoms with van der Waals surface area (Å²) in [4.78, 5) is 0. The molecule has 0 fully saturated rings. The van der Waals surface area contributed by atoms with Gasteiger partial charge in [0.05, 0.1) is 39.6 Å². The number of hydrogen-bond donors (Lipinski definition) is 1. The lowest BCUT2D eigenvalue weighted by molar-refractivity contribution is -0.173. The highest BCUT2D eigenvalue weighted by molar-refractivity contribution is 4.48. The van der Waals surface area contributed by atoms with Gasteiger partial charge < -0.3 is 24.3 Å². The molecule has 0 aliphatic heterocycles. The molecule has 0 aliphatic rings. The molecule has 0 unspecified atom stereocenters. The molecule has 0 atom stereocenters. The van der Waals surface area contributed by atoms with Crippen LogP contribution in [-0.4, -0.2) is 72.6 Å². The van der Waals surface area contributed by atoms with Crippen molar-refractivity contribution in [3.05, 3.63) is 0 Å². The van der Waals surface area contributed by atoms with E-state index in [-0.39, 0.29) is 6.61 Å². The van der Waals surface area contributed by atoms with Crippen molar-refractivity contribution in [3.8, 4) is 0 Å². The second-order valence-electron chi connectivity index (χ2n) is 3.64. The molecule has 0 saturated carbocycles. The van der Waals surface area contributed by atoms with Crippen LogP contribution in [0.4, 0.5) is 13.2 Å². The van der Waals surface area contributed by atoms with Gasteiger partial charge in [-0.1, -0.05) is 0 Å². The Kier molecular flexibility index (Phi) is 12.3. The van der Waals surface area contributed by atoms with Crippen molar-refractivity contribution < 1.29 is 32.1 Å². The predicted octanol–water partition coefficient (Wildman–Crippen LogP) is 0.835. The number of nitrogens with one attached hydrogen (secondary N) is 1. The molecular formula is C11H22F3NO4. The molecule has 0 aliphatic carbocycles. The van der Waals surface area contributed by atoms with Crippen LogP contribution in [0, 0.1) is 0 Å². The minimum Gasteiger partial charge on any atom is -0.382 e. The minimum atomic E-state index is -4.26. The van der Waals surface area contributed by atoms with Gasteiger partial charge in [0.2, 0.25) is 0 Å². The van der Waals surface area contributed by atoms with Crippen molar-refractivity contribution in [2.75, 3.05) is 66.4 Å². The molecular weight excluding hydrogens is 267 g/mol. The first-order valence-corrected chi connectivity index (χ1v) is 6.06. The predicted molar refractivity (Wildman–Crippen MR) is 63.3 cm³/mol. The van der Waals surface area contributed by atoms with Gasteiger partial charge in [-0.2, -0.15) is 13.2 Å². The molecule has 0 bridgehead atoms. The van der Waals surface area contributed by atoms with Crippen LogP contribution >= 0.6 is 0 Å². The van der Waals surface area contributed by atoms with Gasteiger partial charge in [-0.3, -0.25) is 0 Å². The van der Waals surface area contributed by atoms with E-state index in [1.165, 1.54) is 0 Å². The Balaban J connectivity index is 2.99. The van der Waals surface area contributed by atoms with Gasteiger partial charge in [0, 0.05) is 20.2 Å². The number of rotatable bonds is 13. The quantitative estimate of drug-likeness (QED) is 0.509. The second kappa shape index (κ2) is 12.6. The van der Waals surface area contributed by atoms with E-state index >= 15 is 0 Å². The minimum absolute atomic E-state index is 0.0274. The largest absolute Gasteiger partial charge is 0.411 e. The van der Waals surface area contributed by atoms with E-state index in [2.05, 4.69) is 10.1 Å². The van der Waals surface area contributed by atoms with Crippen LogP contribution in [0.5, 0.6) is 0 Å². The van der Waals surface area contributed by atoms with Crippen molar-refractivity contribution in [2.45, 2.75) is 6.18 Å². The molecule has 0 spiro atoms. The second-order valence-corrected chi connectivity index (χ2v) is 3.64. The van der Waals surface area contributed by atoms with Gasteiger partial charge in [0.15, 0.2) is 0 Å². The van der Waals surface area contributed by atoms with E-state index in [1.807, 2.05) is 0 Å². The lowest BCUT2D eigenvalue weighted by Crippen LogP contribution is -2.26. The Hall–Kier alpha value is -0.410. The summed E-state index contributed by atoms with van der Waals surface area (Å²) < 4.78 is 54.7. The molecule has 116 valence electrons. The van der Waals surface area contributed by atoms with Crippen molar-refractivity contribution in [1.82, 2.24) is 5.32 Å². The summed E-state index contributed by atoms with van der Waals surface area (Å²) in [5, 5.41) is 2.90. The van der Waals surface area contributed by atoms with Crippen LogP contribution in [0.3, 0.4) is 0 Å². The molecule has 1 N–H and O–H groups in total. The maximum atomic E-state index is 11.7. The van der Waals surface area contributed by atoms with Gasteiger partial charge in [-0.15, -0.1) is 0 Å². The van der Waals surface area contributed by atoms with Gasteiger partial charge >= 0.3 is 6.18 Å². The molecule has 0 aromatic heterocycles. The van der Waals surface area contributed by atoms with Crippen LogP contribution < -0.4 is 5.32 Å². The normalized spacial score (nSPS) is 12.0.